The lowest BCUT2D eigenvalue weighted by atomic mass is 10.4. The molecular weight excluding hydrogens is 152 g/mol. The molecule has 0 spiro atoms. The van der Waals surface area contributed by atoms with Crippen LogP contribution in [0.5, 0.6) is 0 Å². The van der Waals surface area contributed by atoms with Crippen LogP contribution in [0, 0.1) is 0 Å². The van der Waals surface area contributed by atoms with Crippen molar-refractivity contribution in [2.75, 3.05) is 0 Å². The molecule has 0 aromatic carbocycles. The SMILES string of the molecule is ClPCc1ccccn1. The van der Waals surface area contributed by atoms with Gasteiger partial charge in [-0.15, -0.1) is 0 Å². The number of hydrogen-bond acceptors (Lipinski definition) is 1. The monoisotopic (exact) mass is 159 g/mol. The molecule has 0 amide bonds. The Bertz CT molecular complexity index is 166. The number of hydrogen-bond donors (Lipinski definition) is 0. The van der Waals surface area contributed by atoms with Crippen LogP contribution in [-0.2, 0) is 6.16 Å². The maximum absolute atomic E-state index is 5.52. The summed E-state index contributed by atoms with van der Waals surface area (Å²) in [5.41, 5.74) is 1.07. The molecule has 1 aromatic rings. The Balaban J connectivity index is 2.61. The molecule has 0 aliphatic rings. The highest BCUT2D eigenvalue weighted by Crippen LogP contribution is 2.20. The Morgan fingerprint density at radius 2 is 2.44 bits per heavy atom. The van der Waals surface area contributed by atoms with Crippen molar-refractivity contribution >= 4 is 19.2 Å². The smallest absolute Gasteiger partial charge is 0.0455 e. The van der Waals surface area contributed by atoms with Gasteiger partial charge in [0.25, 0.3) is 0 Å². The summed E-state index contributed by atoms with van der Waals surface area (Å²) in [6.45, 7) is 0. The van der Waals surface area contributed by atoms with Crippen molar-refractivity contribution in [3.8, 4) is 0 Å². The fourth-order valence-electron chi connectivity index (χ4n) is 0.571. The summed E-state index contributed by atoms with van der Waals surface area (Å²) < 4.78 is 0. The van der Waals surface area contributed by atoms with Gasteiger partial charge in [-0.25, -0.2) is 0 Å². The lowest BCUT2D eigenvalue weighted by Crippen LogP contribution is -1.79. The van der Waals surface area contributed by atoms with Gasteiger partial charge in [0, 0.05) is 18.1 Å². The van der Waals surface area contributed by atoms with E-state index in [9.17, 15) is 0 Å². The Labute approximate surface area is 61.0 Å². The van der Waals surface area contributed by atoms with Gasteiger partial charge in [0.1, 0.15) is 0 Å². The molecule has 1 heterocycles. The summed E-state index contributed by atoms with van der Waals surface area (Å²) in [6.07, 6.45) is 2.68. The molecule has 1 rings (SSSR count). The van der Waals surface area contributed by atoms with Crippen LogP contribution in [0.25, 0.3) is 0 Å². The molecule has 1 atom stereocenters. The van der Waals surface area contributed by atoms with Crippen LogP contribution in [0.2, 0.25) is 0 Å². The highest BCUT2D eigenvalue weighted by Gasteiger charge is 1.87. The van der Waals surface area contributed by atoms with Crippen LogP contribution >= 0.6 is 19.2 Å². The summed E-state index contributed by atoms with van der Waals surface area (Å²) >= 11 is 5.52. The van der Waals surface area contributed by atoms with Gasteiger partial charge in [-0.3, -0.25) is 4.98 Å². The van der Waals surface area contributed by atoms with Gasteiger partial charge in [0.15, 0.2) is 0 Å². The number of rotatable bonds is 2. The summed E-state index contributed by atoms with van der Waals surface area (Å²) in [6, 6.07) is 5.86. The first-order valence-electron chi connectivity index (χ1n) is 2.67. The van der Waals surface area contributed by atoms with Crippen molar-refractivity contribution in [1.82, 2.24) is 4.98 Å². The minimum atomic E-state index is 0.445. The van der Waals surface area contributed by atoms with E-state index >= 15 is 0 Å². The molecule has 9 heavy (non-hydrogen) atoms. The van der Waals surface area contributed by atoms with Crippen molar-refractivity contribution < 1.29 is 0 Å². The van der Waals surface area contributed by atoms with Crippen LogP contribution in [0.1, 0.15) is 5.69 Å². The van der Waals surface area contributed by atoms with E-state index in [1.807, 2.05) is 18.2 Å². The third-order valence-corrected chi connectivity index (χ3v) is 1.87. The van der Waals surface area contributed by atoms with Crippen molar-refractivity contribution in [3.63, 3.8) is 0 Å². The van der Waals surface area contributed by atoms with Crippen LogP contribution in [0.3, 0.4) is 0 Å². The van der Waals surface area contributed by atoms with Crippen LogP contribution in [0.15, 0.2) is 24.4 Å². The minimum Gasteiger partial charge on any atom is -0.261 e. The zero-order valence-corrected chi connectivity index (χ0v) is 6.60. The van der Waals surface area contributed by atoms with Crippen LogP contribution < -0.4 is 0 Å². The maximum atomic E-state index is 5.52. The van der Waals surface area contributed by atoms with Gasteiger partial charge in [0.05, 0.1) is 0 Å². The van der Waals surface area contributed by atoms with E-state index in [1.165, 1.54) is 0 Å². The number of pyridine rings is 1. The van der Waals surface area contributed by atoms with E-state index < -0.39 is 0 Å². The van der Waals surface area contributed by atoms with E-state index in [2.05, 4.69) is 4.98 Å². The number of nitrogens with zero attached hydrogens (tertiary/aromatic N) is 1. The average Bonchev–Trinajstić information content (AvgIpc) is 1.91. The van der Waals surface area contributed by atoms with Gasteiger partial charge in [-0.1, -0.05) is 17.3 Å². The van der Waals surface area contributed by atoms with Gasteiger partial charge >= 0.3 is 0 Å². The highest BCUT2D eigenvalue weighted by molar-refractivity contribution is 7.67. The average molecular weight is 160 g/mol. The molecule has 0 saturated carbocycles. The van der Waals surface area contributed by atoms with Crippen LogP contribution in [0.4, 0.5) is 0 Å². The van der Waals surface area contributed by atoms with E-state index in [0.717, 1.165) is 11.9 Å². The number of aromatic nitrogens is 1. The zero-order chi connectivity index (χ0) is 6.53. The molecule has 1 unspecified atom stereocenters. The fraction of sp³-hybridized carbons (Fsp3) is 0.167. The quantitative estimate of drug-likeness (QED) is 0.604. The van der Waals surface area contributed by atoms with Gasteiger partial charge in [-0.05, 0) is 20.1 Å². The largest absolute Gasteiger partial charge is 0.261 e. The van der Waals surface area contributed by atoms with Crippen molar-refractivity contribution in [3.05, 3.63) is 30.1 Å². The number of halogens is 1. The molecule has 0 N–H and O–H groups in total. The molecule has 0 saturated heterocycles. The molecule has 3 heteroatoms. The summed E-state index contributed by atoms with van der Waals surface area (Å²) in [5.74, 6) is 0. The molecule has 1 nitrogen and oxygen atoms in total. The normalized spacial score (nSPS) is 10.8. The second-order valence-corrected chi connectivity index (χ2v) is 3.05. The molecule has 0 aliphatic heterocycles. The van der Waals surface area contributed by atoms with E-state index in [1.54, 1.807) is 6.20 Å². The Morgan fingerprint density at radius 3 is 3.00 bits per heavy atom. The summed E-state index contributed by atoms with van der Waals surface area (Å²) in [7, 11) is 0.445. The standard InChI is InChI=1S/C6H7ClNP/c7-9-5-6-3-1-2-4-8-6/h1-4,9H,5H2. The zero-order valence-electron chi connectivity index (χ0n) is 4.84. The minimum absolute atomic E-state index is 0.445. The second-order valence-electron chi connectivity index (χ2n) is 1.63. The third kappa shape index (κ3) is 2.30. The molecular formula is C6H7ClNP. The van der Waals surface area contributed by atoms with Crippen molar-refractivity contribution in [1.29, 1.82) is 0 Å². The molecule has 0 aliphatic carbocycles. The second kappa shape index (κ2) is 3.81. The summed E-state index contributed by atoms with van der Waals surface area (Å²) in [5, 5.41) is 0. The lowest BCUT2D eigenvalue weighted by Gasteiger charge is -1.91. The highest BCUT2D eigenvalue weighted by atomic mass is 35.7. The first-order chi connectivity index (χ1) is 4.43. The predicted molar refractivity (Wildman–Crippen MR) is 42.1 cm³/mol. The molecule has 0 fully saturated rings. The van der Waals surface area contributed by atoms with Crippen molar-refractivity contribution in [2.24, 2.45) is 0 Å². The van der Waals surface area contributed by atoms with Crippen molar-refractivity contribution in [2.45, 2.75) is 6.16 Å². The Morgan fingerprint density at radius 1 is 1.56 bits per heavy atom. The third-order valence-electron chi connectivity index (χ3n) is 0.974. The van der Waals surface area contributed by atoms with E-state index in [0.29, 0.717) is 7.93 Å². The molecule has 0 radical (unpaired) electrons. The summed E-state index contributed by atoms with van der Waals surface area (Å²) in [4.78, 5) is 4.09. The topological polar surface area (TPSA) is 12.9 Å². The van der Waals surface area contributed by atoms with Crippen LogP contribution in [-0.4, -0.2) is 4.98 Å². The Kier molecular flexibility index (Phi) is 2.96. The molecule has 1 aromatic heterocycles. The maximum Gasteiger partial charge on any atom is 0.0455 e. The Hall–Kier alpha value is -0.130. The van der Waals surface area contributed by atoms with Gasteiger partial charge in [-0.2, -0.15) is 0 Å². The molecule has 0 bridgehead atoms. The lowest BCUT2D eigenvalue weighted by molar-refractivity contribution is 1.18. The molecule has 48 valence electrons. The predicted octanol–water partition coefficient (Wildman–Crippen LogP) is 2.41. The first kappa shape index (κ1) is 6.98. The van der Waals surface area contributed by atoms with Gasteiger partial charge < -0.3 is 0 Å². The fourth-order valence-corrected chi connectivity index (χ4v) is 1.33. The van der Waals surface area contributed by atoms with Gasteiger partial charge in [0.2, 0.25) is 0 Å². The van der Waals surface area contributed by atoms with E-state index in [4.69, 9.17) is 11.2 Å². The van der Waals surface area contributed by atoms with E-state index in [-0.39, 0.29) is 0 Å². The first-order valence-corrected chi connectivity index (χ1v) is 4.89.